The Morgan fingerprint density at radius 3 is 2.05 bits per heavy atom. The van der Waals surface area contributed by atoms with Crippen molar-refractivity contribution < 1.29 is 33.3 Å². The Morgan fingerprint density at radius 2 is 1.55 bits per heavy atom. The first-order valence-electron chi connectivity index (χ1n) is 12.4. The lowest BCUT2D eigenvalue weighted by Gasteiger charge is -2.36. The molecule has 0 saturated carbocycles. The zero-order valence-corrected chi connectivity index (χ0v) is 25.6. The fourth-order valence-corrected chi connectivity index (χ4v) is 3.81. The van der Waals surface area contributed by atoms with Gasteiger partial charge in [-0.15, -0.1) is 0 Å². The minimum Gasteiger partial charge on any atom is -0.497 e. The van der Waals surface area contributed by atoms with Gasteiger partial charge < -0.3 is 23.7 Å². The number of hydrogen-bond donors (Lipinski definition) is 0. The van der Waals surface area contributed by atoms with Crippen LogP contribution in [0.4, 0.5) is 4.79 Å². The molecule has 38 heavy (non-hydrogen) atoms. The van der Waals surface area contributed by atoms with Gasteiger partial charge in [-0.25, -0.2) is 4.79 Å². The summed E-state index contributed by atoms with van der Waals surface area (Å²) in [6.07, 6.45) is 0.432. The van der Waals surface area contributed by atoms with Crippen molar-refractivity contribution in [3.63, 3.8) is 0 Å². The van der Waals surface area contributed by atoms with Gasteiger partial charge in [0, 0.05) is 0 Å². The van der Waals surface area contributed by atoms with E-state index in [1.54, 1.807) is 21.0 Å². The molecule has 3 atom stereocenters. The fourth-order valence-electron chi connectivity index (χ4n) is 3.65. The van der Waals surface area contributed by atoms with Crippen LogP contribution >= 0.6 is 34.8 Å². The predicted molar refractivity (Wildman–Crippen MR) is 151 cm³/mol. The molecule has 0 N–H and O–H groups in total. The number of benzene rings is 1. The van der Waals surface area contributed by atoms with Crippen LogP contribution in [0, 0.1) is 16.7 Å². The number of halogens is 3. The molecule has 0 amide bonds. The van der Waals surface area contributed by atoms with E-state index >= 15 is 0 Å². The van der Waals surface area contributed by atoms with Gasteiger partial charge in [0.25, 0.3) is 0 Å². The zero-order valence-electron chi connectivity index (χ0n) is 23.4. The summed E-state index contributed by atoms with van der Waals surface area (Å²) in [6, 6.07) is 7.72. The average Bonchev–Trinajstić information content (AvgIpc) is 2.82. The van der Waals surface area contributed by atoms with Crippen molar-refractivity contribution in [2.24, 2.45) is 16.7 Å². The molecule has 0 aliphatic rings. The molecule has 0 radical (unpaired) electrons. The van der Waals surface area contributed by atoms with Crippen LogP contribution in [-0.2, 0) is 30.3 Å². The van der Waals surface area contributed by atoms with Crippen molar-refractivity contribution in [3.8, 4) is 5.75 Å². The highest BCUT2D eigenvalue weighted by atomic mass is 35.6. The standard InChI is InChI=1S/C28H41Cl3O7/c1-9-14-35-24(32)27(6,7)23(38-25(33)37-18-28(29,30)31)16-19(2)15-22(26(3,4)5)36-17-20-10-12-21(34-8)13-11-20/h9-13,19,22-23H,1,14-18H2,2-8H3/t19-,22-,23-/m0/s1. The summed E-state index contributed by atoms with van der Waals surface area (Å²) in [4.78, 5) is 25.3. The van der Waals surface area contributed by atoms with Crippen LogP contribution in [-0.4, -0.2) is 48.4 Å². The molecule has 0 aliphatic heterocycles. The van der Waals surface area contributed by atoms with E-state index in [0.29, 0.717) is 19.4 Å². The Balaban J connectivity index is 3.00. The molecule has 7 nitrogen and oxygen atoms in total. The minimum atomic E-state index is -1.79. The second-order valence-corrected chi connectivity index (χ2v) is 13.5. The van der Waals surface area contributed by atoms with E-state index in [4.69, 9.17) is 58.5 Å². The number of hydrogen-bond acceptors (Lipinski definition) is 7. The Hall–Kier alpha value is -1.67. The third-order valence-corrected chi connectivity index (χ3v) is 6.39. The van der Waals surface area contributed by atoms with Crippen LogP contribution in [0.15, 0.2) is 36.9 Å². The molecule has 0 unspecified atom stereocenters. The summed E-state index contributed by atoms with van der Waals surface area (Å²) in [5.74, 6) is 0.238. The molecule has 1 aromatic carbocycles. The van der Waals surface area contributed by atoms with Crippen LogP contribution in [0.1, 0.15) is 59.9 Å². The van der Waals surface area contributed by atoms with Crippen LogP contribution in [0.25, 0.3) is 0 Å². The number of alkyl halides is 3. The van der Waals surface area contributed by atoms with E-state index in [0.717, 1.165) is 11.3 Å². The third-order valence-electron chi connectivity index (χ3n) is 6.06. The van der Waals surface area contributed by atoms with E-state index in [9.17, 15) is 9.59 Å². The summed E-state index contributed by atoms with van der Waals surface area (Å²) in [6.45, 7) is 15.2. The van der Waals surface area contributed by atoms with E-state index < -0.39 is 34.0 Å². The number of esters is 1. The van der Waals surface area contributed by atoms with Gasteiger partial charge in [0.15, 0.2) is 0 Å². The smallest absolute Gasteiger partial charge is 0.497 e. The SMILES string of the molecule is C=CCOC(=O)C(C)(C)[C@H](C[C@@H](C)C[C@H](OCc1ccc(OC)cc1)C(C)(C)C)OC(=O)OCC(Cl)(Cl)Cl. The fraction of sp³-hybridized carbons (Fsp3) is 0.643. The summed E-state index contributed by atoms with van der Waals surface area (Å²) < 4.78 is 25.6. The van der Waals surface area contributed by atoms with Gasteiger partial charge in [-0.1, -0.05) is 87.3 Å². The summed E-state index contributed by atoms with van der Waals surface area (Å²) in [5, 5.41) is 0. The van der Waals surface area contributed by atoms with Gasteiger partial charge in [-0.3, -0.25) is 4.79 Å². The highest BCUT2D eigenvalue weighted by Gasteiger charge is 2.43. The van der Waals surface area contributed by atoms with Crippen molar-refractivity contribution in [2.75, 3.05) is 20.3 Å². The number of carbonyl (C=O) groups excluding carboxylic acids is 2. The normalized spacial score (nSPS) is 14.7. The minimum absolute atomic E-state index is 0.00690. The summed E-state index contributed by atoms with van der Waals surface area (Å²) in [5.41, 5.74) is -0.326. The highest BCUT2D eigenvalue weighted by Crippen LogP contribution is 2.35. The van der Waals surface area contributed by atoms with Gasteiger partial charge >= 0.3 is 12.1 Å². The Kier molecular flexibility index (Phi) is 13.7. The lowest BCUT2D eigenvalue weighted by molar-refractivity contribution is -0.161. The third kappa shape index (κ3) is 12.5. The molecule has 216 valence electrons. The molecule has 0 spiro atoms. The van der Waals surface area contributed by atoms with Crippen molar-refractivity contribution in [1.29, 1.82) is 0 Å². The average molecular weight is 596 g/mol. The van der Waals surface area contributed by atoms with Gasteiger partial charge in [-0.2, -0.15) is 0 Å². The van der Waals surface area contributed by atoms with Gasteiger partial charge in [0.1, 0.15) is 25.1 Å². The predicted octanol–water partition coefficient (Wildman–Crippen LogP) is 7.69. The largest absolute Gasteiger partial charge is 0.508 e. The summed E-state index contributed by atoms with van der Waals surface area (Å²) >= 11 is 17.0. The quantitative estimate of drug-likeness (QED) is 0.124. The molecule has 0 bridgehead atoms. The Bertz CT molecular complexity index is 889. The molecule has 0 heterocycles. The molecular weight excluding hydrogens is 555 g/mol. The van der Waals surface area contributed by atoms with Gasteiger partial charge in [0.2, 0.25) is 3.79 Å². The molecule has 0 aromatic heterocycles. The second kappa shape index (κ2) is 15.2. The van der Waals surface area contributed by atoms with Gasteiger partial charge in [-0.05, 0) is 55.7 Å². The van der Waals surface area contributed by atoms with Crippen LogP contribution < -0.4 is 4.74 Å². The molecule has 0 aliphatic carbocycles. The van der Waals surface area contributed by atoms with Crippen molar-refractivity contribution >= 4 is 46.9 Å². The molecule has 1 rings (SSSR count). The van der Waals surface area contributed by atoms with Crippen molar-refractivity contribution in [2.45, 2.75) is 77.0 Å². The maximum Gasteiger partial charge on any atom is 0.508 e. The summed E-state index contributed by atoms with van der Waals surface area (Å²) in [7, 11) is 1.63. The zero-order chi connectivity index (χ0) is 29.1. The van der Waals surface area contributed by atoms with Crippen LogP contribution in [0.3, 0.4) is 0 Å². The molecule has 0 saturated heterocycles. The Morgan fingerprint density at radius 1 is 0.974 bits per heavy atom. The topological polar surface area (TPSA) is 80.3 Å². The van der Waals surface area contributed by atoms with E-state index in [2.05, 4.69) is 27.4 Å². The number of methoxy groups -OCH3 is 1. The first-order valence-corrected chi connectivity index (χ1v) is 13.6. The Labute approximate surface area is 242 Å². The monoisotopic (exact) mass is 594 g/mol. The first kappa shape index (κ1) is 34.4. The van der Waals surface area contributed by atoms with E-state index in [1.807, 2.05) is 31.2 Å². The number of rotatable bonds is 14. The molecular formula is C28H41Cl3O7. The number of carbonyl (C=O) groups is 2. The van der Waals surface area contributed by atoms with Crippen molar-refractivity contribution in [3.05, 3.63) is 42.5 Å². The second-order valence-electron chi connectivity index (χ2n) is 11.0. The maximum atomic E-state index is 12.8. The molecule has 10 heteroatoms. The van der Waals surface area contributed by atoms with Gasteiger partial charge in [0.05, 0.1) is 25.2 Å². The lowest BCUT2D eigenvalue weighted by Crippen LogP contribution is -2.43. The maximum absolute atomic E-state index is 12.8. The highest BCUT2D eigenvalue weighted by molar-refractivity contribution is 6.67. The van der Waals surface area contributed by atoms with Crippen LogP contribution in [0.2, 0.25) is 0 Å². The molecule has 1 aromatic rings. The molecule has 0 fully saturated rings. The van der Waals surface area contributed by atoms with Crippen molar-refractivity contribution in [1.82, 2.24) is 0 Å². The van der Waals surface area contributed by atoms with E-state index in [1.165, 1.54) is 6.08 Å². The lowest BCUT2D eigenvalue weighted by atomic mass is 9.78. The first-order chi connectivity index (χ1) is 17.5. The van der Waals surface area contributed by atoms with E-state index in [-0.39, 0.29) is 24.0 Å². The van der Waals surface area contributed by atoms with Crippen LogP contribution in [0.5, 0.6) is 5.75 Å². The number of ether oxygens (including phenoxy) is 5.